The van der Waals surface area contributed by atoms with Crippen molar-refractivity contribution in [2.75, 3.05) is 39.4 Å². The van der Waals surface area contributed by atoms with Crippen molar-refractivity contribution >= 4 is 23.2 Å². The number of amides is 1. The number of hydrogen-bond donors (Lipinski definition) is 0. The van der Waals surface area contributed by atoms with Gasteiger partial charge in [-0.1, -0.05) is 23.7 Å². The molecule has 1 fully saturated rings. The number of hydrogen-bond acceptors (Lipinski definition) is 6. The second-order valence-electron chi connectivity index (χ2n) is 6.98. The van der Waals surface area contributed by atoms with Crippen molar-refractivity contribution in [3.8, 4) is 11.5 Å². The molecule has 9 heteroatoms. The van der Waals surface area contributed by atoms with Crippen molar-refractivity contribution in [1.82, 2.24) is 9.80 Å². The first kappa shape index (κ1) is 19.5. The van der Waals surface area contributed by atoms with Crippen molar-refractivity contribution in [3.05, 3.63) is 62.7 Å². The highest BCUT2D eigenvalue weighted by Crippen LogP contribution is 2.38. The van der Waals surface area contributed by atoms with Gasteiger partial charge in [0.05, 0.1) is 9.95 Å². The first-order valence-electron chi connectivity index (χ1n) is 9.35. The Labute approximate surface area is 172 Å². The van der Waals surface area contributed by atoms with Crippen LogP contribution in [0, 0.1) is 10.1 Å². The summed E-state index contributed by atoms with van der Waals surface area (Å²) in [5, 5.41) is 11.3. The number of nitrogens with zero attached hydrogens (tertiary/aromatic N) is 3. The Kier molecular flexibility index (Phi) is 5.55. The standard InChI is InChI=1S/C20H20ClN3O5/c21-17-11-15(12-18-19(17)29-9-8-28-18)20(25)23-6-4-22(5-7-23)13-14-2-1-3-16(10-14)24(26)27/h1-3,10-12H,4-9,13H2. The topological polar surface area (TPSA) is 85.2 Å². The molecule has 0 bridgehead atoms. The van der Waals surface area contributed by atoms with Crippen molar-refractivity contribution in [3.63, 3.8) is 0 Å². The van der Waals surface area contributed by atoms with Gasteiger partial charge in [0.15, 0.2) is 11.5 Å². The molecule has 2 aliphatic heterocycles. The Morgan fingerprint density at radius 3 is 2.62 bits per heavy atom. The number of carbonyl (C=O) groups excluding carboxylic acids is 1. The van der Waals surface area contributed by atoms with Gasteiger partial charge in [-0.3, -0.25) is 19.8 Å². The largest absolute Gasteiger partial charge is 0.486 e. The van der Waals surface area contributed by atoms with Crippen LogP contribution in [-0.4, -0.2) is 60.0 Å². The van der Waals surface area contributed by atoms with E-state index in [-0.39, 0.29) is 11.6 Å². The SMILES string of the molecule is O=C(c1cc(Cl)c2c(c1)OCCO2)N1CCN(Cc2cccc([N+](=O)[O-])c2)CC1. The number of carbonyl (C=O) groups is 1. The Balaban J connectivity index is 1.38. The lowest BCUT2D eigenvalue weighted by Gasteiger charge is -2.35. The number of piperazine rings is 1. The smallest absolute Gasteiger partial charge is 0.269 e. The minimum atomic E-state index is -0.390. The molecule has 0 saturated carbocycles. The predicted molar refractivity (Wildman–Crippen MR) is 107 cm³/mol. The molecule has 2 aromatic rings. The van der Waals surface area contributed by atoms with E-state index < -0.39 is 4.92 Å². The first-order chi connectivity index (χ1) is 14.0. The summed E-state index contributed by atoms with van der Waals surface area (Å²) in [6, 6.07) is 9.94. The molecule has 0 unspecified atom stereocenters. The van der Waals surface area contributed by atoms with E-state index in [1.165, 1.54) is 6.07 Å². The zero-order valence-corrected chi connectivity index (χ0v) is 16.4. The molecule has 152 valence electrons. The first-order valence-corrected chi connectivity index (χ1v) is 9.73. The monoisotopic (exact) mass is 417 g/mol. The number of nitro groups is 1. The van der Waals surface area contributed by atoms with E-state index >= 15 is 0 Å². The fraction of sp³-hybridized carbons (Fsp3) is 0.350. The van der Waals surface area contributed by atoms with E-state index in [1.54, 1.807) is 29.2 Å². The van der Waals surface area contributed by atoms with Crippen LogP contribution in [0.1, 0.15) is 15.9 Å². The number of benzene rings is 2. The quantitative estimate of drug-likeness (QED) is 0.561. The lowest BCUT2D eigenvalue weighted by atomic mass is 10.1. The van der Waals surface area contributed by atoms with Crippen LogP contribution in [0.4, 0.5) is 5.69 Å². The van der Waals surface area contributed by atoms with Crippen molar-refractivity contribution < 1.29 is 19.2 Å². The molecule has 0 atom stereocenters. The highest BCUT2D eigenvalue weighted by molar-refractivity contribution is 6.32. The normalized spacial score (nSPS) is 16.5. The number of rotatable bonds is 4. The van der Waals surface area contributed by atoms with Crippen LogP contribution in [-0.2, 0) is 6.54 Å². The Bertz CT molecular complexity index is 944. The zero-order chi connectivity index (χ0) is 20.4. The third-order valence-electron chi connectivity index (χ3n) is 5.03. The van der Waals surface area contributed by atoms with E-state index in [9.17, 15) is 14.9 Å². The van der Waals surface area contributed by atoms with Gasteiger partial charge in [0.25, 0.3) is 11.6 Å². The summed E-state index contributed by atoms with van der Waals surface area (Å²) in [4.78, 5) is 27.4. The average molecular weight is 418 g/mol. The number of fused-ring (bicyclic) bond motifs is 1. The van der Waals surface area contributed by atoms with Crippen LogP contribution in [0.15, 0.2) is 36.4 Å². The molecule has 2 aromatic carbocycles. The maximum Gasteiger partial charge on any atom is 0.269 e. The maximum absolute atomic E-state index is 12.9. The van der Waals surface area contributed by atoms with Gasteiger partial charge in [-0.25, -0.2) is 0 Å². The minimum Gasteiger partial charge on any atom is -0.486 e. The van der Waals surface area contributed by atoms with E-state index in [2.05, 4.69) is 4.90 Å². The van der Waals surface area contributed by atoms with Gasteiger partial charge in [-0.2, -0.15) is 0 Å². The summed E-state index contributed by atoms with van der Waals surface area (Å²) < 4.78 is 11.1. The second kappa shape index (κ2) is 8.26. The molecule has 1 saturated heterocycles. The van der Waals surface area contributed by atoms with Crippen molar-refractivity contribution in [2.45, 2.75) is 6.54 Å². The highest BCUT2D eigenvalue weighted by atomic mass is 35.5. The number of halogens is 1. The summed E-state index contributed by atoms with van der Waals surface area (Å²) in [5.41, 5.74) is 1.45. The van der Waals surface area contributed by atoms with Crippen molar-refractivity contribution in [2.24, 2.45) is 0 Å². The van der Waals surface area contributed by atoms with Crippen LogP contribution in [0.25, 0.3) is 0 Å². The summed E-state index contributed by atoms with van der Waals surface area (Å²) in [6.45, 7) is 3.99. The second-order valence-corrected chi connectivity index (χ2v) is 7.38. The van der Waals surface area contributed by atoms with Gasteiger partial charge >= 0.3 is 0 Å². The molecule has 0 aromatic heterocycles. The fourth-order valence-corrected chi connectivity index (χ4v) is 3.82. The molecule has 2 aliphatic rings. The van der Waals surface area contributed by atoms with Gasteiger partial charge in [0.1, 0.15) is 13.2 Å². The number of nitro benzene ring substituents is 1. The van der Waals surface area contributed by atoms with Gasteiger partial charge in [0.2, 0.25) is 0 Å². The Morgan fingerprint density at radius 1 is 1.10 bits per heavy atom. The third-order valence-corrected chi connectivity index (χ3v) is 5.31. The molecule has 4 rings (SSSR count). The molecule has 0 radical (unpaired) electrons. The van der Waals surface area contributed by atoms with Crippen LogP contribution in [0.3, 0.4) is 0 Å². The molecule has 0 N–H and O–H groups in total. The highest BCUT2D eigenvalue weighted by Gasteiger charge is 2.25. The molecule has 0 spiro atoms. The zero-order valence-electron chi connectivity index (χ0n) is 15.7. The lowest BCUT2D eigenvalue weighted by Crippen LogP contribution is -2.48. The van der Waals surface area contributed by atoms with Gasteiger partial charge in [0, 0.05) is 50.4 Å². The predicted octanol–water partition coefficient (Wildman–Crippen LogP) is 2.98. The number of ether oxygens (including phenoxy) is 2. The van der Waals surface area contributed by atoms with Gasteiger partial charge < -0.3 is 14.4 Å². The van der Waals surface area contributed by atoms with Crippen LogP contribution < -0.4 is 9.47 Å². The molecule has 2 heterocycles. The molecule has 29 heavy (non-hydrogen) atoms. The average Bonchev–Trinajstić information content (AvgIpc) is 2.74. The van der Waals surface area contributed by atoms with Crippen LogP contribution in [0.5, 0.6) is 11.5 Å². The van der Waals surface area contributed by atoms with Crippen molar-refractivity contribution in [1.29, 1.82) is 0 Å². The summed E-state index contributed by atoms with van der Waals surface area (Å²) in [6.07, 6.45) is 0. The Morgan fingerprint density at radius 2 is 1.86 bits per heavy atom. The molecule has 8 nitrogen and oxygen atoms in total. The lowest BCUT2D eigenvalue weighted by molar-refractivity contribution is -0.384. The van der Waals surface area contributed by atoms with E-state index in [0.29, 0.717) is 68.0 Å². The minimum absolute atomic E-state index is 0.0896. The maximum atomic E-state index is 12.9. The van der Waals surface area contributed by atoms with Gasteiger partial charge in [-0.05, 0) is 17.7 Å². The number of non-ortho nitro benzene ring substituents is 1. The summed E-state index contributed by atoms with van der Waals surface area (Å²) in [7, 11) is 0. The molecular weight excluding hydrogens is 398 g/mol. The Hall–Kier alpha value is -2.84. The van der Waals surface area contributed by atoms with E-state index in [0.717, 1.165) is 5.56 Å². The van der Waals surface area contributed by atoms with E-state index in [4.69, 9.17) is 21.1 Å². The van der Waals surface area contributed by atoms with Crippen LogP contribution in [0.2, 0.25) is 5.02 Å². The molecule has 0 aliphatic carbocycles. The summed E-state index contributed by atoms with van der Waals surface area (Å²) in [5.74, 6) is 0.881. The molecule has 1 amide bonds. The van der Waals surface area contributed by atoms with E-state index in [1.807, 2.05) is 6.07 Å². The fourth-order valence-electron chi connectivity index (χ4n) is 3.55. The third kappa shape index (κ3) is 4.28. The molecular formula is C20H20ClN3O5. The van der Waals surface area contributed by atoms with Gasteiger partial charge in [-0.15, -0.1) is 0 Å². The summed E-state index contributed by atoms with van der Waals surface area (Å²) >= 11 is 6.25. The van der Waals surface area contributed by atoms with Crippen LogP contribution >= 0.6 is 11.6 Å².